The summed E-state index contributed by atoms with van der Waals surface area (Å²) in [5.74, 6) is -0.644. The number of pyridine rings is 1. The van der Waals surface area contributed by atoms with Gasteiger partial charge in [0, 0.05) is 11.4 Å². The van der Waals surface area contributed by atoms with E-state index in [-0.39, 0.29) is 17.1 Å². The number of hydrogen-bond donors (Lipinski definition) is 1. The van der Waals surface area contributed by atoms with E-state index < -0.39 is 24.2 Å². The molecule has 1 N–H and O–H groups in total. The van der Waals surface area contributed by atoms with Crippen molar-refractivity contribution in [3.63, 3.8) is 0 Å². The minimum absolute atomic E-state index is 0.00610. The molecule has 1 heterocycles. The van der Waals surface area contributed by atoms with E-state index in [1.54, 1.807) is 18.2 Å². The van der Waals surface area contributed by atoms with Crippen LogP contribution in [-0.4, -0.2) is 22.7 Å². The molecule has 1 fully saturated rings. The summed E-state index contributed by atoms with van der Waals surface area (Å²) in [5, 5.41) is 3.23. The van der Waals surface area contributed by atoms with E-state index in [4.69, 9.17) is 0 Å². The van der Waals surface area contributed by atoms with Crippen LogP contribution >= 0.6 is 0 Å². The van der Waals surface area contributed by atoms with Crippen molar-refractivity contribution >= 4 is 16.7 Å². The summed E-state index contributed by atoms with van der Waals surface area (Å²) in [4.78, 5) is 24.5. The fourth-order valence-corrected chi connectivity index (χ4v) is 2.31. The van der Waals surface area contributed by atoms with E-state index in [0.717, 1.165) is 12.8 Å². The van der Waals surface area contributed by atoms with Crippen LogP contribution in [0, 0.1) is 0 Å². The summed E-state index contributed by atoms with van der Waals surface area (Å²) in [7, 11) is 0. The number of carbonyl (C=O) groups excluding carboxylic acids is 1. The highest BCUT2D eigenvalue weighted by Gasteiger charge is 2.32. The van der Waals surface area contributed by atoms with Gasteiger partial charge in [0.2, 0.25) is 0 Å². The molecule has 0 unspecified atom stereocenters. The van der Waals surface area contributed by atoms with Gasteiger partial charge in [0.15, 0.2) is 0 Å². The molecule has 0 saturated heterocycles. The van der Waals surface area contributed by atoms with Gasteiger partial charge in [0.1, 0.15) is 12.2 Å². The molecule has 7 heteroatoms. The predicted octanol–water partition coefficient (Wildman–Crippen LogP) is 2.46. The zero-order chi connectivity index (χ0) is 15.9. The Hall–Kier alpha value is -2.31. The Morgan fingerprint density at radius 2 is 1.95 bits per heavy atom. The number of fused-ring (bicyclic) bond motifs is 1. The molecule has 2 aromatic rings. The van der Waals surface area contributed by atoms with Crippen molar-refractivity contribution in [1.29, 1.82) is 0 Å². The van der Waals surface area contributed by atoms with Crippen LogP contribution in [0.1, 0.15) is 23.3 Å². The van der Waals surface area contributed by atoms with Crippen molar-refractivity contribution in [2.24, 2.45) is 0 Å². The molecular weight excluding hydrogens is 297 g/mol. The van der Waals surface area contributed by atoms with E-state index in [9.17, 15) is 22.8 Å². The minimum Gasteiger partial charge on any atom is -0.348 e. The highest BCUT2D eigenvalue weighted by molar-refractivity contribution is 5.97. The Morgan fingerprint density at radius 3 is 2.59 bits per heavy atom. The van der Waals surface area contributed by atoms with Gasteiger partial charge in [-0.1, -0.05) is 18.2 Å². The molecular formula is C15H13F3N2O2. The SMILES string of the molecule is O=C(NC1CC1)c1cc2ccccc2c(=O)n1CC(F)(F)F. The van der Waals surface area contributed by atoms with Crippen LogP contribution < -0.4 is 10.9 Å². The van der Waals surface area contributed by atoms with Gasteiger partial charge >= 0.3 is 6.18 Å². The predicted molar refractivity (Wildman–Crippen MR) is 74.8 cm³/mol. The second-order valence-corrected chi connectivity index (χ2v) is 5.37. The fraction of sp³-hybridized carbons (Fsp3) is 0.333. The number of benzene rings is 1. The molecule has 0 bridgehead atoms. The molecule has 1 aromatic heterocycles. The van der Waals surface area contributed by atoms with Crippen LogP contribution in [0.25, 0.3) is 10.8 Å². The Balaban J connectivity index is 2.15. The first-order valence-electron chi connectivity index (χ1n) is 6.85. The van der Waals surface area contributed by atoms with E-state index in [2.05, 4.69) is 5.32 Å². The summed E-state index contributed by atoms with van der Waals surface area (Å²) in [6, 6.07) is 7.62. The van der Waals surface area contributed by atoms with Crippen molar-refractivity contribution in [1.82, 2.24) is 9.88 Å². The fourth-order valence-electron chi connectivity index (χ4n) is 2.31. The molecule has 0 atom stereocenters. The Bertz CT molecular complexity index is 791. The topological polar surface area (TPSA) is 51.1 Å². The lowest BCUT2D eigenvalue weighted by molar-refractivity contribution is -0.141. The van der Waals surface area contributed by atoms with Crippen molar-refractivity contribution in [2.75, 3.05) is 0 Å². The first kappa shape index (κ1) is 14.6. The summed E-state index contributed by atoms with van der Waals surface area (Å²) in [6.07, 6.45) is -2.97. The molecule has 1 amide bonds. The summed E-state index contributed by atoms with van der Waals surface area (Å²) >= 11 is 0. The molecule has 0 radical (unpaired) electrons. The quantitative estimate of drug-likeness (QED) is 0.947. The van der Waals surface area contributed by atoms with Gasteiger partial charge in [-0.05, 0) is 30.4 Å². The van der Waals surface area contributed by atoms with Crippen LogP contribution in [0.4, 0.5) is 13.2 Å². The lowest BCUT2D eigenvalue weighted by Gasteiger charge is -2.15. The number of carbonyl (C=O) groups is 1. The molecule has 4 nitrogen and oxygen atoms in total. The number of nitrogens with zero attached hydrogens (tertiary/aromatic N) is 1. The van der Waals surface area contributed by atoms with Crippen LogP contribution in [0.15, 0.2) is 35.1 Å². The molecule has 0 spiro atoms. The van der Waals surface area contributed by atoms with Crippen LogP contribution in [0.5, 0.6) is 0 Å². The van der Waals surface area contributed by atoms with Crippen molar-refractivity contribution in [3.05, 3.63) is 46.4 Å². The number of aromatic nitrogens is 1. The largest absolute Gasteiger partial charge is 0.406 e. The first-order chi connectivity index (χ1) is 10.3. The summed E-state index contributed by atoms with van der Waals surface area (Å²) in [5.41, 5.74) is -1.07. The number of hydrogen-bond acceptors (Lipinski definition) is 2. The molecule has 0 aliphatic heterocycles. The number of rotatable bonds is 3. The smallest absolute Gasteiger partial charge is 0.348 e. The van der Waals surface area contributed by atoms with E-state index in [1.807, 2.05) is 0 Å². The third-order valence-electron chi connectivity index (χ3n) is 3.50. The van der Waals surface area contributed by atoms with E-state index >= 15 is 0 Å². The standard InChI is InChI=1S/C15H13F3N2O2/c16-15(17,18)8-20-12(13(21)19-10-5-6-10)7-9-3-1-2-4-11(9)14(20)22/h1-4,7,10H,5-6,8H2,(H,19,21). The average molecular weight is 310 g/mol. The second kappa shape index (κ2) is 5.15. The number of amides is 1. The van der Waals surface area contributed by atoms with Gasteiger partial charge < -0.3 is 5.32 Å². The lowest BCUT2D eigenvalue weighted by Crippen LogP contribution is -2.36. The maximum Gasteiger partial charge on any atom is 0.406 e. The first-order valence-corrected chi connectivity index (χ1v) is 6.85. The minimum atomic E-state index is -4.58. The van der Waals surface area contributed by atoms with E-state index in [1.165, 1.54) is 12.1 Å². The van der Waals surface area contributed by atoms with Crippen molar-refractivity contribution < 1.29 is 18.0 Å². The summed E-state index contributed by atoms with van der Waals surface area (Å²) < 4.78 is 38.7. The Labute approximate surface area is 123 Å². The summed E-state index contributed by atoms with van der Waals surface area (Å²) in [6.45, 7) is -1.48. The molecule has 1 aliphatic carbocycles. The van der Waals surface area contributed by atoms with Crippen LogP contribution in [0.2, 0.25) is 0 Å². The van der Waals surface area contributed by atoms with Crippen LogP contribution in [0.3, 0.4) is 0 Å². The van der Waals surface area contributed by atoms with Crippen molar-refractivity contribution in [3.8, 4) is 0 Å². The zero-order valence-electron chi connectivity index (χ0n) is 11.5. The third kappa shape index (κ3) is 2.98. The zero-order valence-corrected chi connectivity index (χ0v) is 11.5. The van der Waals surface area contributed by atoms with Gasteiger partial charge in [0.25, 0.3) is 11.5 Å². The van der Waals surface area contributed by atoms with Gasteiger partial charge in [-0.15, -0.1) is 0 Å². The maximum atomic E-state index is 12.7. The monoisotopic (exact) mass is 310 g/mol. The molecule has 1 saturated carbocycles. The molecule has 3 rings (SSSR count). The normalized spacial score (nSPS) is 15.0. The van der Waals surface area contributed by atoms with Crippen LogP contribution in [-0.2, 0) is 6.54 Å². The van der Waals surface area contributed by atoms with Gasteiger partial charge in [0.05, 0.1) is 0 Å². The average Bonchev–Trinajstić information content (AvgIpc) is 3.24. The maximum absolute atomic E-state index is 12.7. The lowest BCUT2D eigenvalue weighted by atomic mass is 10.1. The molecule has 22 heavy (non-hydrogen) atoms. The molecule has 1 aromatic carbocycles. The number of alkyl halides is 3. The van der Waals surface area contributed by atoms with Gasteiger partial charge in [-0.2, -0.15) is 13.2 Å². The van der Waals surface area contributed by atoms with Gasteiger partial charge in [-0.3, -0.25) is 14.2 Å². The molecule has 1 aliphatic rings. The highest BCUT2D eigenvalue weighted by atomic mass is 19.4. The Kier molecular flexibility index (Phi) is 3.42. The van der Waals surface area contributed by atoms with E-state index in [0.29, 0.717) is 9.95 Å². The van der Waals surface area contributed by atoms with Crippen molar-refractivity contribution in [2.45, 2.75) is 31.6 Å². The Morgan fingerprint density at radius 1 is 1.27 bits per heavy atom. The highest BCUT2D eigenvalue weighted by Crippen LogP contribution is 2.22. The third-order valence-corrected chi connectivity index (χ3v) is 3.50. The molecule has 116 valence electrons. The number of halogens is 3. The number of nitrogens with one attached hydrogen (secondary N) is 1. The second-order valence-electron chi connectivity index (χ2n) is 5.37. The van der Waals surface area contributed by atoms with Gasteiger partial charge in [-0.25, -0.2) is 0 Å².